The number of hydrogen-bond donors (Lipinski definition) is 2. The summed E-state index contributed by atoms with van der Waals surface area (Å²) in [6.07, 6.45) is 4.01. The molecule has 2 N–H and O–H groups in total. The van der Waals surface area contributed by atoms with E-state index < -0.39 is 5.60 Å². The van der Waals surface area contributed by atoms with E-state index in [1.807, 2.05) is 91.2 Å². The number of nitrogens with one attached hydrogen (secondary N) is 1. The maximum absolute atomic E-state index is 12.1. The van der Waals surface area contributed by atoms with Gasteiger partial charge in [-0.05, 0) is 29.0 Å². The molecular formula is C24H22N2OS. The lowest BCUT2D eigenvalue weighted by Gasteiger charge is -2.35. The number of aliphatic imine (C=N–C) groups is 1. The summed E-state index contributed by atoms with van der Waals surface area (Å²) in [7, 11) is 0. The zero-order valence-electron chi connectivity index (χ0n) is 15.6. The van der Waals surface area contributed by atoms with Crippen molar-refractivity contribution in [2.75, 3.05) is 6.26 Å². The summed E-state index contributed by atoms with van der Waals surface area (Å²) in [5.41, 5.74) is 2.14. The van der Waals surface area contributed by atoms with Gasteiger partial charge < -0.3 is 10.4 Å². The smallest absolute Gasteiger partial charge is 0.161 e. The van der Waals surface area contributed by atoms with Gasteiger partial charge in [0.1, 0.15) is 0 Å². The van der Waals surface area contributed by atoms with E-state index >= 15 is 0 Å². The number of rotatable bonds is 4. The van der Waals surface area contributed by atoms with Crippen molar-refractivity contribution < 1.29 is 5.11 Å². The van der Waals surface area contributed by atoms with Gasteiger partial charge in [-0.1, -0.05) is 103 Å². The molecule has 0 bridgehead atoms. The van der Waals surface area contributed by atoms with Gasteiger partial charge >= 0.3 is 0 Å². The molecule has 0 fully saturated rings. The fourth-order valence-corrected chi connectivity index (χ4v) is 3.91. The Balaban J connectivity index is 1.87. The topological polar surface area (TPSA) is 44.6 Å². The van der Waals surface area contributed by atoms with Crippen LogP contribution in [0.2, 0.25) is 0 Å². The molecule has 3 nitrogen and oxygen atoms in total. The van der Waals surface area contributed by atoms with E-state index in [0.29, 0.717) is 0 Å². The molecule has 1 aliphatic rings. The van der Waals surface area contributed by atoms with Gasteiger partial charge in [-0.15, -0.1) is 0 Å². The molecule has 0 aliphatic carbocycles. The Kier molecular flexibility index (Phi) is 5.33. The van der Waals surface area contributed by atoms with E-state index in [9.17, 15) is 5.11 Å². The molecule has 3 aromatic carbocycles. The third-order valence-electron chi connectivity index (χ3n) is 4.93. The van der Waals surface area contributed by atoms with Crippen LogP contribution in [-0.4, -0.2) is 16.5 Å². The van der Waals surface area contributed by atoms with Crippen LogP contribution in [0.15, 0.2) is 108 Å². The van der Waals surface area contributed by atoms with Crippen molar-refractivity contribution in [3.05, 3.63) is 119 Å². The van der Waals surface area contributed by atoms with Crippen molar-refractivity contribution in [3.8, 4) is 0 Å². The molecule has 0 saturated carbocycles. The lowest BCUT2D eigenvalue weighted by Crippen LogP contribution is -2.40. The van der Waals surface area contributed by atoms with E-state index in [-0.39, 0.29) is 6.04 Å². The van der Waals surface area contributed by atoms with Crippen LogP contribution < -0.4 is 5.32 Å². The minimum absolute atomic E-state index is 0.154. The highest BCUT2D eigenvalue weighted by Gasteiger charge is 2.38. The molecule has 3 aromatic rings. The van der Waals surface area contributed by atoms with Gasteiger partial charge in [0.15, 0.2) is 10.8 Å². The molecule has 4 heteroatoms. The Labute approximate surface area is 169 Å². The summed E-state index contributed by atoms with van der Waals surface area (Å²) in [5.74, 6) is 0. The molecule has 1 aliphatic heterocycles. The molecule has 1 atom stereocenters. The van der Waals surface area contributed by atoms with Gasteiger partial charge in [0, 0.05) is 0 Å². The molecule has 0 spiro atoms. The third kappa shape index (κ3) is 3.49. The van der Waals surface area contributed by atoms with E-state index in [0.717, 1.165) is 27.6 Å². The zero-order valence-corrected chi connectivity index (χ0v) is 16.4. The first-order valence-electron chi connectivity index (χ1n) is 9.21. The lowest BCUT2D eigenvalue weighted by atomic mass is 9.82. The summed E-state index contributed by atoms with van der Waals surface area (Å²) >= 11 is 1.54. The molecule has 0 aromatic heterocycles. The molecule has 1 heterocycles. The maximum Gasteiger partial charge on any atom is 0.161 e. The Bertz CT molecular complexity index is 945. The fraction of sp³-hybridized carbons (Fsp3) is 0.125. The van der Waals surface area contributed by atoms with Crippen LogP contribution >= 0.6 is 11.8 Å². The SMILES string of the molecule is CSC1=N[C@H](c2ccccc2)C=C(C(O)(c2ccccc2)c2ccccc2)N1. The molecule has 140 valence electrons. The largest absolute Gasteiger partial charge is 0.375 e. The van der Waals surface area contributed by atoms with Gasteiger partial charge in [-0.25, -0.2) is 4.99 Å². The van der Waals surface area contributed by atoms with Gasteiger partial charge in [-0.3, -0.25) is 0 Å². The summed E-state index contributed by atoms with van der Waals surface area (Å²) in [6, 6.07) is 29.5. The van der Waals surface area contributed by atoms with Crippen molar-refractivity contribution in [3.63, 3.8) is 0 Å². The normalized spacial score (nSPS) is 16.7. The first kappa shape index (κ1) is 18.5. The Morgan fingerprint density at radius 3 is 1.82 bits per heavy atom. The van der Waals surface area contributed by atoms with Crippen molar-refractivity contribution in [2.45, 2.75) is 11.6 Å². The maximum atomic E-state index is 12.1. The number of aliphatic hydroxyl groups is 1. The van der Waals surface area contributed by atoms with Gasteiger partial charge in [-0.2, -0.15) is 0 Å². The monoisotopic (exact) mass is 386 g/mol. The number of nitrogens with zero attached hydrogens (tertiary/aromatic N) is 1. The predicted molar refractivity (Wildman–Crippen MR) is 117 cm³/mol. The second kappa shape index (κ2) is 8.05. The molecule has 0 unspecified atom stereocenters. The third-order valence-corrected chi connectivity index (χ3v) is 5.52. The van der Waals surface area contributed by atoms with Gasteiger partial charge in [0.25, 0.3) is 0 Å². The number of benzene rings is 3. The van der Waals surface area contributed by atoms with E-state index in [1.165, 1.54) is 0 Å². The van der Waals surface area contributed by atoms with Crippen LogP contribution in [0.1, 0.15) is 22.7 Å². The van der Waals surface area contributed by atoms with E-state index in [2.05, 4.69) is 17.4 Å². The number of hydrogen-bond acceptors (Lipinski definition) is 4. The molecule has 0 amide bonds. The lowest BCUT2D eigenvalue weighted by molar-refractivity contribution is 0.115. The summed E-state index contributed by atoms with van der Waals surface area (Å²) in [5, 5.41) is 16.2. The average molecular weight is 387 g/mol. The van der Waals surface area contributed by atoms with Crippen molar-refractivity contribution in [1.29, 1.82) is 0 Å². The molecule has 4 rings (SSSR count). The van der Waals surface area contributed by atoms with Crippen LogP contribution in [0.4, 0.5) is 0 Å². The molecular weight excluding hydrogens is 364 g/mol. The van der Waals surface area contributed by atoms with Crippen LogP contribution in [0.3, 0.4) is 0 Å². The number of amidine groups is 1. The molecule has 28 heavy (non-hydrogen) atoms. The van der Waals surface area contributed by atoms with Crippen LogP contribution in [0.25, 0.3) is 0 Å². The van der Waals surface area contributed by atoms with E-state index in [4.69, 9.17) is 4.99 Å². The second-order valence-corrected chi connectivity index (χ2v) is 7.44. The standard InChI is InChI=1S/C24H22N2OS/c1-28-23-25-21(18-11-5-2-6-12-18)17-22(26-23)24(27,19-13-7-3-8-14-19)20-15-9-4-10-16-20/h2-17,21,27H,1H3,(H,25,26)/t21-/m0/s1. The van der Waals surface area contributed by atoms with Crippen molar-refractivity contribution in [2.24, 2.45) is 4.99 Å². The summed E-state index contributed by atoms with van der Waals surface area (Å²) in [4.78, 5) is 4.80. The van der Waals surface area contributed by atoms with Crippen molar-refractivity contribution in [1.82, 2.24) is 5.32 Å². The Morgan fingerprint density at radius 1 is 0.821 bits per heavy atom. The minimum Gasteiger partial charge on any atom is -0.375 e. The van der Waals surface area contributed by atoms with Crippen LogP contribution in [-0.2, 0) is 5.60 Å². The number of thioether (sulfide) groups is 1. The van der Waals surface area contributed by atoms with Crippen LogP contribution in [0.5, 0.6) is 0 Å². The Morgan fingerprint density at radius 2 is 1.32 bits per heavy atom. The average Bonchev–Trinajstić information content (AvgIpc) is 2.80. The Hall–Kier alpha value is -2.82. The highest BCUT2D eigenvalue weighted by atomic mass is 32.2. The summed E-state index contributed by atoms with van der Waals surface area (Å²) < 4.78 is 0. The quantitative estimate of drug-likeness (QED) is 0.672. The molecule has 0 radical (unpaired) electrons. The van der Waals surface area contributed by atoms with Crippen molar-refractivity contribution >= 4 is 16.9 Å². The highest BCUT2D eigenvalue weighted by Crippen LogP contribution is 2.39. The highest BCUT2D eigenvalue weighted by molar-refractivity contribution is 8.13. The first-order valence-corrected chi connectivity index (χ1v) is 10.4. The van der Waals surface area contributed by atoms with Gasteiger partial charge in [0.05, 0.1) is 11.7 Å². The summed E-state index contributed by atoms with van der Waals surface area (Å²) in [6.45, 7) is 0. The first-order chi connectivity index (χ1) is 13.7. The fourth-order valence-electron chi connectivity index (χ4n) is 3.48. The van der Waals surface area contributed by atoms with Gasteiger partial charge in [0.2, 0.25) is 0 Å². The second-order valence-electron chi connectivity index (χ2n) is 6.64. The predicted octanol–water partition coefficient (Wildman–Crippen LogP) is 4.87. The minimum atomic E-state index is -1.30. The molecule has 0 saturated heterocycles. The zero-order chi connectivity index (χ0) is 19.4. The van der Waals surface area contributed by atoms with E-state index in [1.54, 1.807) is 11.8 Å². The van der Waals surface area contributed by atoms with Crippen LogP contribution in [0, 0.1) is 0 Å².